The molecular weight excluding hydrogens is 428 g/mol. The van der Waals surface area contributed by atoms with Gasteiger partial charge in [-0.3, -0.25) is 9.69 Å². The number of benzene rings is 3. The Labute approximate surface area is 190 Å². The molecule has 3 aromatic rings. The summed E-state index contributed by atoms with van der Waals surface area (Å²) in [6.07, 6.45) is 0.689. The van der Waals surface area contributed by atoms with Crippen molar-refractivity contribution in [1.82, 2.24) is 4.90 Å². The summed E-state index contributed by atoms with van der Waals surface area (Å²) in [5.41, 5.74) is 1.77. The highest BCUT2D eigenvalue weighted by Gasteiger charge is 2.27. The van der Waals surface area contributed by atoms with Gasteiger partial charge in [0.25, 0.3) is 5.91 Å². The van der Waals surface area contributed by atoms with Crippen LogP contribution < -0.4 is 15.0 Å². The molecule has 0 saturated carbocycles. The van der Waals surface area contributed by atoms with E-state index in [-0.39, 0.29) is 24.0 Å². The van der Waals surface area contributed by atoms with Crippen molar-refractivity contribution in [1.29, 1.82) is 0 Å². The Morgan fingerprint density at radius 2 is 1.79 bits per heavy atom. The van der Waals surface area contributed by atoms with E-state index in [1.54, 1.807) is 53.4 Å². The lowest BCUT2D eigenvalue weighted by atomic mass is 10.1. The third-order valence-electron chi connectivity index (χ3n) is 5.47. The van der Waals surface area contributed by atoms with Crippen LogP contribution in [-0.4, -0.2) is 37.0 Å². The smallest absolute Gasteiger partial charge is 0.324 e. The number of hydrogen-bond acceptors (Lipinski definition) is 3. The fourth-order valence-corrected chi connectivity index (χ4v) is 3.79. The van der Waals surface area contributed by atoms with E-state index in [1.807, 2.05) is 0 Å². The lowest BCUT2D eigenvalue weighted by Gasteiger charge is -2.35. The molecule has 1 aliphatic heterocycles. The monoisotopic (exact) mass is 451 g/mol. The van der Waals surface area contributed by atoms with E-state index in [2.05, 4.69) is 5.32 Å². The Bertz CT molecular complexity index is 1170. The lowest BCUT2D eigenvalue weighted by Crippen LogP contribution is -2.49. The van der Waals surface area contributed by atoms with Crippen molar-refractivity contribution in [2.75, 3.05) is 30.4 Å². The molecule has 1 N–H and O–H groups in total. The average molecular weight is 451 g/mol. The molecule has 1 saturated heterocycles. The van der Waals surface area contributed by atoms with Crippen LogP contribution in [0.5, 0.6) is 5.75 Å². The zero-order chi connectivity index (χ0) is 23.4. The summed E-state index contributed by atoms with van der Waals surface area (Å²) in [6.45, 7) is 0.957. The second kappa shape index (κ2) is 9.68. The number of para-hydroxylation sites is 1. The highest BCUT2D eigenvalue weighted by atomic mass is 19.1. The first kappa shape index (κ1) is 22.3. The van der Waals surface area contributed by atoms with Crippen molar-refractivity contribution in [2.45, 2.75) is 13.0 Å². The minimum absolute atomic E-state index is 0.00796. The zero-order valence-electron chi connectivity index (χ0n) is 18.1. The second-order valence-corrected chi connectivity index (χ2v) is 7.65. The predicted octanol–water partition coefficient (Wildman–Crippen LogP) is 5.06. The molecule has 1 aliphatic rings. The highest BCUT2D eigenvalue weighted by Crippen LogP contribution is 2.25. The first-order valence-electron chi connectivity index (χ1n) is 10.5. The Balaban J connectivity index is 1.45. The van der Waals surface area contributed by atoms with Crippen molar-refractivity contribution in [3.8, 4) is 5.75 Å². The van der Waals surface area contributed by atoms with E-state index in [1.165, 1.54) is 12.0 Å². The molecule has 0 atom stereocenters. The van der Waals surface area contributed by atoms with E-state index < -0.39 is 11.6 Å². The van der Waals surface area contributed by atoms with Crippen LogP contribution in [0.4, 0.5) is 25.0 Å². The predicted molar refractivity (Wildman–Crippen MR) is 122 cm³/mol. The van der Waals surface area contributed by atoms with Gasteiger partial charge in [0.2, 0.25) is 0 Å². The Morgan fingerprint density at radius 3 is 2.55 bits per heavy atom. The van der Waals surface area contributed by atoms with Crippen LogP contribution in [0, 0.1) is 11.6 Å². The first-order valence-corrected chi connectivity index (χ1v) is 10.5. The molecule has 1 heterocycles. The van der Waals surface area contributed by atoms with Crippen molar-refractivity contribution in [3.05, 3.63) is 89.5 Å². The van der Waals surface area contributed by atoms with E-state index in [0.29, 0.717) is 42.2 Å². The van der Waals surface area contributed by atoms with Crippen LogP contribution in [0.2, 0.25) is 0 Å². The molecule has 0 bridgehead atoms. The Kier molecular flexibility index (Phi) is 6.53. The van der Waals surface area contributed by atoms with E-state index >= 15 is 0 Å². The van der Waals surface area contributed by atoms with Crippen LogP contribution in [0.3, 0.4) is 0 Å². The van der Waals surface area contributed by atoms with Gasteiger partial charge in [0.1, 0.15) is 17.4 Å². The van der Waals surface area contributed by atoms with Gasteiger partial charge in [-0.05, 0) is 61.0 Å². The van der Waals surface area contributed by atoms with Gasteiger partial charge in [-0.2, -0.15) is 0 Å². The molecule has 0 spiro atoms. The van der Waals surface area contributed by atoms with Gasteiger partial charge >= 0.3 is 6.03 Å². The third-order valence-corrected chi connectivity index (χ3v) is 5.47. The van der Waals surface area contributed by atoms with Crippen molar-refractivity contribution in [3.63, 3.8) is 0 Å². The summed E-state index contributed by atoms with van der Waals surface area (Å²) >= 11 is 0. The van der Waals surface area contributed by atoms with Crippen LogP contribution in [0.25, 0.3) is 0 Å². The van der Waals surface area contributed by atoms with E-state index in [4.69, 9.17) is 4.74 Å². The molecule has 0 aromatic heterocycles. The summed E-state index contributed by atoms with van der Waals surface area (Å²) in [5.74, 6) is -0.923. The number of urea groups is 1. The summed E-state index contributed by atoms with van der Waals surface area (Å²) in [5, 5.41) is 2.82. The number of amides is 3. The number of anilines is 2. The average Bonchev–Trinajstić information content (AvgIpc) is 2.83. The molecule has 0 unspecified atom stereocenters. The van der Waals surface area contributed by atoms with Gasteiger partial charge in [0.15, 0.2) is 0 Å². The summed E-state index contributed by atoms with van der Waals surface area (Å²) in [6, 6.07) is 16.8. The van der Waals surface area contributed by atoms with Gasteiger partial charge in [-0.15, -0.1) is 0 Å². The summed E-state index contributed by atoms with van der Waals surface area (Å²) in [7, 11) is 1.50. The minimum Gasteiger partial charge on any atom is -0.496 e. The number of rotatable bonds is 6. The molecule has 3 amide bonds. The standard InChI is InChI=1S/C25H23F2N3O3/c1-33-23-6-3-2-5-21(23)24(31)28-19-8-10-20(11-9-19)30-14-4-13-29(25(30)32)16-17-15-18(26)7-12-22(17)27/h2-3,5-12,15H,4,13-14,16H2,1H3,(H,28,31). The van der Waals surface area contributed by atoms with Gasteiger partial charge < -0.3 is 15.0 Å². The number of hydrogen-bond donors (Lipinski definition) is 1. The van der Waals surface area contributed by atoms with Gasteiger partial charge in [0, 0.05) is 30.0 Å². The quantitative estimate of drug-likeness (QED) is 0.570. The minimum atomic E-state index is -0.545. The van der Waals surface area contributed by atoms with Crippen LogP contribution in [0.15, 0.2) is 66.7 Å². The first-order chi connectivity index (χ1) is 16.0. The van der Waals surface area contributed by atoms with Gasteiger partial charge in [-0.25, -0.2) is 13.6 Å². The number of carbonyl (C=O) groups is 2. The number of ether oxygens (including phenoxy) is 1. The molecule has 4 rings (SSSR count). The molecule has 0 aliphatic carbocycles. The van der Waals surface area contributed by atoms with E-state index in [0.717, 1.165) is 18.2 Å². The third kappa shape index (κ3) is 4.95. The normalized spacial score (nSPS) is 13.7. The maximum absolute atomic E-state index is 14.0. The molecule has 8 heteroatoms. The second-order valence-electron chi connectivity index (χ2n) is 7.65. The number of halogens is 2. The molecule has 6 nitrogen and oxygen atoms in total. The highest BCUT2D eigenvalue weighted by molar-refractivity contribution is 6.06. The molecule has 170 valence electrons. The van der Waals surface area contributed by atoms with Gasteiger partial charge in [-0.1, -0.05) is 12.1 Å². The fraction of sp³-hybridized carbons (Fsp3) is 0.200. The Morgan fingerprint density at radius 1 is 1.03 bits per heavy atom. The van der Waals surface area contributed by atoms with Gasteiger partial charge in [0.05, 0.1) is 19.2 Å². The summed E-state index contributed by atoms with van der Waals surface area (Å²) < 4.78 is 32.8. The van der Waals surface area contributed by atoms with Crippen molar-refractivity contribution >= 4 is 23.3 Å². The number of nitrogens with zero attached hydrogens (tertiary/aromatic N) is 2. The van der Waals surface area contributed by atoms with Crippen LogP contribution in [0.1, 0.15) is 22.3 Å². The molecule has 1 fully saturated rings. The van der Waals surface area contributed by atoms with Crippen LogP contribution >= 0.6 is 0 Å². The van der Waals surface area contributed by atoms with E-state index in [9.17, 15) is 18.4 Å². The van der Waals surface area contributed by atoms with Crippen molar-refractivity contribution in [2.24, 2.45) is 0 Å². The number of methoxy groups -OCH3 is 1. The summed E-state index contributed by atoms with van der Waals surface area (Å²) in [4.78, 5) is 28.7. The molecule has 3 aromatic carbocycles. The molecular formula is C25H23F2N3O3. The molecule has 33 heavy (non-hydrogen) atoms. The van der Waals surface area contributed by atoms with Crippen LogP contribution in [-0.2, 0) is 6.54 Å². The number of carbonyl (C=O) groups excluding carboxylic acids is 2. The topological polar surface area (TPSA) is 61.9 Å². The maximum atomic E-state index is 14.0. The largest absolute Gasteiger partial charge is 0.496 e. The fourth-order valence-electron chi connectivity index (χ4n) is 3.79. The maximum Gasteiger partial charge on any atom is 0.324 e. The molecule has 0 radical (unpaired) electrons. The lowest BCUT2D eigenvalue weighted by molar-refractivity contribution is 0.102. The van der Waals surface area contributed by atoms with Crippen molar-refractivity contribution < 1.29 is 23.1 Å². The Hall–Kier alpha value is -3.94. The number of nitrogens with one attached hydrogen (secondary N) is 1. The zero-order valence-corrected chi connectivity index (χ0v) is 18.1. The SMILES string of the molecule is COc1ccccc1C(=O)Nc1ccc(N2CCCN(Cc3cc(F)ccc3F)C2=O)cc1.